The minimum atomic E-state index is -0.282. The molecule has 2 aliphatic rings. The second-order valence-corrected chi connectivity index (χ2v) is 6.37. The molecule has 0 radical (unpaired) electrons. The van der Waals surface area contributed by atoms with Gasteiger partial charge < -0.3 is 14.8 Å². The van der Waals surface area contributed by atoms with Gasteiger partial charge in [0.05, 0.1) is 18.2 Å². The van der Waals surface area contributed by atoms with Gasteiger partial charge in [-0.05, 0) is 43.4 Å². The van der Waals surface area contributed by atoms with Gasteiger partial charge in [-0.2, -0.15) is 0 Å². The fraction of sp³-hybridized carbons (Fsp3) is 0.611. The first-order valence-electron chi connectivity index (χ1n) is 8.50. The summed E-state index contributed by atoms with van der Waals surface area (Å²) in [6.07, 6.45) is 6.48. The lowest BCUT2D eigenvalue weighted by molar-refractivity contribution is -0.129. The molecule has 0 aromatic heterocycles. The van der Waals surface area contributed by atoms with Crippen LogP contribution in [0.5, 0.6) is 0 Å². The summed E-state index contributed by atoms with van der Waals surface area (Å²) in [5.41, 5.74) is 0.868. The number of halogens is 1. The minimum absolute atomic E-state index is 0.0594. The average Bonchev–Trinajstić information content (AvgIpc) is 3.25. The zero-order valence-corrected chi connectivity index (χ0v) is 13.3. The fourth-order valence-electron chi connectivity index (χ4n) is 3.39. The van der Waals surface area contributed by atoms with E-state index >= 15 is 0 Å². The molecule has 1 aromatic rings. The monoisotopic (exact) mass is 321 g/mol. The quantitative estimate of drug-likeness (QED) is 0.876. The molecule has 4 nitrogen and oxygen atoms in total. The zero-order valence-electron chi connectivity index (χ0n) is 13.3. The van der Waals surface area contributed by atoms with Crippen molar-refractivity contribution < 1.29 is 18.7 Å². The highest BCUT2D eigenvalue weighted by Crippen LogP contribution is 2.27. The Morgan fingerprint density at radius 3 is 2.61 bits per heavy atom. The third-order valence-corrected chi connectivity index (χ3v) is 4.63. The summed E-state index contributed by atoms with van der Waals surface area (Å²) in [5.74, 6) is -0.419. The molecule has 1 amide bonds. The van der Waals surface area contributed by atoms with Crippen molar-refractivity contribution in [2.75, 3.05) is 13.2 Å². The van der Waals surface area contributed by atoms with Gasteiger partial charge in [0.1, 0.15) is 12.4 Å². The smallest absolute Gasteiger partial charge is 0.246 e. The molecule has 0 unspecified atom stereocenters. The van der Waals surface area contributed by atoms with E-state index in [0.29, 0.717) is 6.61 Å². The van der Waals surface area contributed by atoms with Crippen LogP contribution < -0.4 is 5.32 Å². The predicted octanol–water partition coefficient (Wildman–Crippen LogP) is 3.12. The maximum Gasteiger partial charge on any atom is 0.246 e. The van der Waals surface area contributed by atoms with Gasteiger partial charge in [0, 0.05) is 6.61 Å². The predicted molar refractivity (Wildman–Crippen MR) is 84.5 cm³/mol. The zero-order chi connectivity index (χ0) is 16.1. The van der Waals surface area contributed by atoms with Crippen molar-refractivity contribution in [2.24, 2.45) is 0 Å². The summed E-state index contributed by atoms with van der Waals surface area (Å²) >= 11 is 0. The lowest BCUT2D eigenvalue weighted by Crippen LogP contribution is -2.38. The van der Waals surface area contributed by atoms with Gasteiger partial charge in [0.2, 0.25) is 5.91 Å². The largest absolute Gasteiger partial charge is 0.376 e. The van der Waals surface area contributed by atoms with Gasteiger partial charge in [0.15, 0.2) is 0 Å². The molecule has 1 aliphatic heterocycles. The molecule has 5 heteroatoms. The van der Waals surface area contributed by atoms with Crippen molar-refractivity contribution >= 4 is 5.91 Å². The maximum absolute atomic E-state index is 13.1. The van der Waals surface area contributed by atoms with Crippen LogP contribution >= 0.6 is 0 Å². The molecule has 1 saturated carbocycles. The van der Waals surface area contributed by atoms with Crippen molar-refractivity contribution in [3.05, 3.63) is 35.6 Å². The molecule has 23 heavy (non-hydrogen) atoms. The molecule has 1 aromatic carbocycles. The van der Waals surface area contributed by atoms with Crippen molar-refractivity contribution in [2.45, 2.75) is 56.8 Å². The number of benzene rings is 1. The molecule has 1 saturated heterocycles. The van der Waals surface area contributed by atoms with E-state index in [4.69, 9.17) is 9.47 Å². The molecule has 0 spiro atoms. The van der Waals surface area contributed by atoms with Gasteiger partial charge in [-0.25, -0.2) is 4.39 Å². The third-order valence-electron chi connectivity index (χ3n) is 4.63. The average molecular weight is 321 g/mol. The molecule has 1 heterocycles. The summed E-state index contributed by atoms with van der Waals surface area (Å²) in [6, 6.07) is 5.99. The van der Waals surface area contributed by atoms with E-state index in [1.54, 1.807) is 12.1 Å². The Morgan fingerprint density at radius 1 is 1.22 bits per heavy atom. The number of ether oxygens (including phenoxy) is 2. The maximum atomic E-state index is 13.1. The van der Waals surface area contributed by atoms with E-state index < -0.39 is 0 Å². The summed E-state index contributed by atoms with van der Waals surface area (Å²) in [7, 11) is 0. The Kier molecular flexibility index (Phi) is 5.62. The molecule has 1 N–H and O–H groups in total. The van der Waals surface area contributed by atoms with Crippen LogP contribution in [-0.4, -0.2) is 31.3 Å². The van der Waals surface area contributed by atoms with Crippen molar-refractivity contribution in [1.29, 1.82) is 0 Å². The van der Waals surface area contributed by atoms with Crippen LogP contribution in [0.1, 0.15) is 50.1 Å². The highest BCUT2D eigenvalue weighted by molar-refractivity contribution is 5.77. The molecular weight excluding hydrogens is 297 g/mol. The third kappa shape index (κ3) is 4.52. The Labute approximate surface area is 136 Å². The van der Waals surface area contributed by atoms with E-state index in [1.807, 2.05) is 0 Å². The topological polar surface area (TPSA) is 47.6 Å². The number of hydrogen-bond acceptors (Lipinski definition) is 3. The van der Waals surface area contributed by atoms with Crippen molar-refractivity contribution in [3.8, 4) is 0 Å². The number of carbonyl (C=O) groups excluding carboxylic acids is 1. The van der Waals surface area contributed by atoms with Gasteiger partial charge in [0.25, 0.3) is 0 Å². The highest BCUT2D eigenvalue weighted by Gasteiger charge is 2.29. The van der Waals surface area contributed by atoms with E-state index in [1.165, 1.54) is 25.0 Å². The summed E-state index contributed by atoms with van der Waals surface area (Å²) < 4.78 is 24.5. The molecule has 3 rings (SSSR count). The van der Waals surface area contributed by atoms with Gasteiger partial charge in [-0.3, -0.25) is 4.79 Å². The van der Waals surface area contributed by atoms with E-state index in [2.05, 4.69) is 5.32 Å². The lowest BCUT2D eigenvalue weighted by atomic mass is 9.99. The van der Waals surface area contributed by atoms with Gasteiger partial charge in [-0.15, -0.1) is 0 Å². The van der Waals surface area contributed by atoms with Crippen LogP contribution in [0.15, 0.2) is 24.3 Å². The number of hydrogen-bond donors (Lipinski definition) is 1. The van der Waals surface area contributed by atoms with Gasteiger partial charge in [-0.1, -0.05) is 25.0 Å². The molecular formula is C18H24FNO3. The number of nitrogens with one attached hydrogen (secondary N) is 1. The fourth-order valence-corrected chi connectivity index (χ4v) is 3.39. The Balaban J connectivity index is 1.60. The normalized spacial score (nSPS) is 23.1. The van der Waals surface area contributed by atoms with E-state index in [-0.39, 0.29) is 36.6 Å². The SMILES string of the molecule is O=C(COC1CCCC1)N[C@@H](c1ccc(F)cc1)[C@@H]1CCCO1. The second-order valence-electron chi connectivity index (χ2n) is 6.37. The van der Waals surface area contributed by atoms with Crippen molar-refractivity contribution in [1.82, 2.24) is 5.32 Å². The minimum Gasteiger partial charge on any atom is -0.376 e. The Hall–Kier alpha value is -1.46. The summed E-state index contributed by atoms with van der Waals surface area (Å²) in [4.78, 5) is 12.2. The van der Waals surface area contributed by atoms with Gasteiger partial charge >= 0.3 is 0 Å². The van der Waals surface area contributed by atoms with Crippen LogP contribution in [0.4, 0.5) is 4.39 Å². The van der Waals surface area contributed by atoms with Crippen molar-refractivity contribution in [3.63, 3.8) is 0 Å². The molecule has 2 atom stereocenters. The Morgan fingerprint density at radius 2 is 1.96 bits per heavy atom. The Bertz CT molecular complexity index is 508. The standard InChI is InChI=1S/C18H24FNO3/c19-14-9-7-13(8-10-14)18(16-6-3-11-22-16)20-17(21)12-23-15-4-1-2-5-15/h7-10,15-16,18H,1-6,11-12H2,(H,20,21)/t16-,18-/m0/s1. The highest BCUT2D eigenvalue weighted by atomic mass is 19.1. The van der Waals surface area contributed by atoms with Crippen LogP contribution in [0.3, 0.4) is 0 Å². The molecule has 2 fully saturated rings. The summed E-state index contributed by atoms with van der Waals surface area (Å²) in [5, 5.41) is 3.01. The van der Waals surface area contributed by atoms with E-state index in [0.717, 1.165) is 31.2 Å². The lowest BCUT2D eigenvalue weighted by Gasteiger charge is -2.25. The van der Waals surface area contributed by atoms with Crippen LogP contribution in [-0.2, 0) is 14.3 Å². The van der Waals surface area contributed by atoms with Crippen LogP contribution in [0.2, 0.25) is 0 Å². The van der Waals surface area contributed by atoms with E-state index in [9.17, 15) is 9.18 Å². The van der Waals surface area contributed by atoms with Crippen LogP contribution in [0.25, 0.3) is 0 Å². The molecule has 126 valence electrons. The van der Waals surface area contributed by atoms with Crippen LogP contribution in [0, 0.1) is 5.82 Å². The molecule has 1 aliphatic carbocycles. The summed E-state index contributed by atoms with van der Waals surface area (Å²) in [6.45, 7) is 0.784. The second kappa shape index (κ2) is 7.88. The first kappa shape index (κ1) is 16.4. The molecule has 0 bridgehead atoms. The number of amides is 1. The first-order chi connectivity index (χ1) is 11.2. The first-order valence-corrected chi connectivity index (χ1v) is 8.50. The number of rotatable bonds is 6. The number of carbonyl (C=O) groups is 1.